The number of nitrogens with one attached hydrogen (secondary N) is 1. The lowest BCUT2D eigenvalue weighted by Gasteiger charge is -2.24. The smallest absolute Gasteiger partial charge is 0.325 e. The Hall–Kier alpha value is -3.15. The van der Waals surface area contributed by atoms with Crippen molar-refractivity contribution in [2.45, 2.75) is 44.7 Å². The number of carbonyl (C=O) groups excluding carboxylic acids is 2. The van der Waals surface area contributed by atoms with Gasteiger partial charge in [-0.3, -0.25) is 9.69 Å². The van der Waals surface area contributed by atoms with E-state index in [0.717, 1.165) is 53.3 Å². The predicted octanol–water partition coefficient (Wildman–Crippen LogP) is 3.67. The van der Waals surface area contributed by atoms with E-state index in [-0.39, 0.29) is 12.5 Å². The summed E-state index contributed by atoms with van der Waals surface area (Å²) < 4.78 is 5.44. The fourth-order valence-electron chi connectivity index (χ4n) is 4.41. The van der Waals surface area contributed by atoms with Gasteiger partial charge < -0.3 is 9.84 Å². The summed E-state index contributed by atoms with van der Waals surface area (Å²) in [5.41, 5.74) is 1.45. The maximum atomic E-state index is 13.4. The number of amides is 3. The van der Waals surface area contributed by atoms with E-state index in [4.69, 9.17) is 4.52 Å². The molecule has 0 saturated carbocycles. The second kappa shape index (κ2) is 6.19. The number of imide groups is 1. The molecule has 1 aromatic heterocycles. The maximum absolute atomic E-state index is 13.4. The average Bonchev–Trinajstić information content (AvgIpc) is 3.22. The van der Waals surface area contributed by atoms with Crippen molar-refractivity contribution < 1.29 is 14.1 Å². The number of fused-ring (bicyclic) bond motifs is 2. The molecule has 3 amide bonds. The molecule has 3 aromatic rings. The van der Waals surface area contributed by atoms with Gasteiger partial charge in [0.1, 0.15) is 17.0 Å². The van der Waals surface area contributed by atoms with Crippen LogP contribution in [0.3, 0.4) is 0 Å². The summed E-state index contributed by atoms with van der Waals surface area (Å²) in [7, 11) is 0. The zero-order valence-electron chi connectivity index (χ0n) is 15.7. The molecule has 6 heteroatoms. The number of hydrogen-bond acceptors (Lipinski definition) is 4. The van der Waals surface area contributed by atoms with Gasteiger partial charge in [0.15, 0.2) is 0 Å². The molecular formula is C22H21N3O3. The van der Waals surface area contributed by atoms with E-state index in [1.165, 1.54) is 4.90 Å². The van der Waals surface area contributed by atoms with Crippen molar-refractivity contribution in [2.24, 2.45) is 0 Å². The van der Waals surface area contributed by atoms with Gasteiger partial charge >= 0.3 is 6.03 Å². The van der Waals surface area contributed by atoms with Gasteiger partial charge in [-0.25, -0.2) is 4.79 Å². The molecule has 142 valence electrons. The topological polar surface area (TPSA) is 75.4 Å². The number of aryl methyl sites for hydroxylation is 1. The predicted molar refractivity (Wildman–Crippen MR) is 104 cm³/mol. The average molecular weight is 375 g/mol. The van der Waals surface area contributed by atoms with E-state index in [9.17, 15) is 9.59 Å². The maximum Gasteiger partial charge on any atom is 0.325 e. The Bertz CT molecular complexity index is 1100. The molecule has 5 rings (SSSR count). The Labute approximate surface area is 162 Å². The van der Waals surface area contributed by atoms with Crippen molar-refractivity contribution >= 4 is 22.7 Å². The fraction of sp³-hybridized carbons (Fsp3) is 0.318. The SMILES string of the molecule is CC1(c2cccc3ccccc23)NC(=O)N(Cc2noc3c2CCCC3)C1=O. The van der Waals surface area contributed by atoms with E-state index in [1.807, 2.05) is 42.5 Å². The van der Waals surface area contributed by atoms with Crippen molar-refractivity contribution in [1.82, 2.24) is 15.4 Å². The highest BCUT2D eigenvalue weighted by molar-refractivity contribution is 6.09. The van der Waals surface area contributed by atoms with Crippen LogP contribution in [0.4, 0.5) is 4.79 Å². The third-order valence-electron chi connectivity index (χ3n) is 5.94. The second-order valence-electron chi connectivity index (χ2n) is 7.71. The van der Waals surface area contributed by atoms with Gasteiger partial charge in [-0.15, -0.1) is 0 Å². The summed E-state index contributed by atoms with van der Waals surface area (Å²) in [4.78, 5) is 27.4. The first-order valence-electron chi connectivity index (χ1n) is 9.66. The number of urea groups is 1. The minimum absolute atomic E-state index is 0.143. The van der Waals surface area contributed by atoms with Crippen molar-refractivity contribution in [2.75, 3.05) is 0 Å². The van der Waals surface area contributed by atoms with Crippen molar-refractivity contribution in [3.05, 3.63) is 65.0 Å². The molecule has 1 aliphatic heterocycles. The van der Waals surface area contributed by atoms with Crippen LogP contribution in [0.25, 0.3) is 10.8 Å². The summed E-state index contributed by atoms with van der Waals surface area (Å²) in [6.07, 6.45) is 3.92. The van der Waals surface area contributed by atoms with E-state index in [1.54, 1.807) is 6.92 Å². The first-order valence-corrected chi connectivity index (χ1v) is 9.66. The summed E-state index contributed by atoms with van der Waals surface area (Å²) >= 11 is 0. The zero-order valence-corrected chi connectivity index (χ0v) is 15.7. The second-order valence-corrected chi connectivity index (χ2v) is 7.71. The molecule has 6 nitrogen and oxygen atoms in total. The Kier molecular flexibility index (Phi) is 3.75. The van der Waals surface area contributed by atoms with Gasteiger partial charge in [0.2, 0.25) is 0 Å². The molecule has 0 radical (unpaired) electrons. The van der Waals surface area contributed by atoms with Crippen LogP contribution >= 0.6 is 0 Å². The van der Waals surface area contributed by atoms with Gasteiger partial charge in [0.25, 0.3) is 5.91 Å². The highest BCUT2D eigenvalue weighted by Gasteiger charge is 2.50. The first kappa shape index (κ1) is 17.0. The van der Waals surface area contributed by atoms with Crippen LogP contribution in [-0.2, 0) is 29.7 Å². The minimum atomic E-state index is -1.11. The molecule has 1 aliphatic carbocycles. The first-order chi connectivity index (χ1) is 13.6. The Balaban J connectivity index is 1.51. The van der Waals surface area contributed by atoms with Crippen molar-refractivity contribution in [3.63, 3.8) is 0 Å². The normalized spacial score (nSPS) is 21.8. The van der Waals surface area contributed by atoms with Crippen molar-refractivity contribution in [1.29, 1.82) is 0 Å². The van der Waals surface area contributed by atoms with Gasteiger partial charge in [-0.05, 0) is 42.5 Å². The fourth-order valence-corrected chi connectivity index (χ4v) is 4.41. The number of benzene rings is 2. The van der Waals surface area contributed by atoms with Gasteiger partial charge in [0, 0.05) is 12.0 Å². The zero-order chi connectivity index (χ0) is 19.3. The summed E-state index contributed by atoms with van der Waals surface area (Å²) in [5.74, 6) is 0.631. The largest absolute Gasteiger partial charge is 0.361 e. The van der Waals surface area contributed by atoms with Crippen molar-refractivity contribution in [3.8, 4) is 0 Å². The van der Waals surface area contributed by atoms with E-state index in [2.05, 4.69) is 10.5 Å². The molecule has 1 atom stereocenters. The van der Waals surface area contributed by atoms with Gasteiger partial charge in [-0.1, -0.05) is 47.6 Å². The highest BCUT2D eigenvalue weighted by atomic mass is 16.5. The molecule has 0 spiro atoms. The standard InChI is InChI=1S/C22H21N3O3/c1-22(17-11-6-8-14-7-2-3-9-15(14)17)20(26)25(21(27)23-22)13-18-16-10-4-5-12-19(16)28-24-18/h2-3,6-9,11H,4-5,10,12-13H2,1H3,(H,23,27). The van der Waals surface area contributed by atoms with Crippen LogP contribution in [-0.4, -0.2) is 22.0 Å². The number of hydrogen-bond donors (Lipinski definition) is 1. The lowest BCUT2D eigenvalue weighted by Crippen LogP contribution is -2.41. The number of rotatable bonds is 3. The van der Waals surface area contributed by atoms with Gasteiger partial charge in [0.05, 0.1) is 6.54 Å². The molecular weight excluding hydrogens is 354 g/mol. The minimum Gasteiger partial charge on any atom is -0.361 e. The number of carbonyl (C=O) groups is 2. The third-order valence-corrected chi connectivity index (χ3v) is 5.94. The number of nitrogens with zero attached hydrogens (tertiary/aromatic N) is 2. The molecule has 2 aliphatic rings. The molecule has 28 heavy (non-hydrogen) atoms. The molecule has 1 unspecified atom stereocenters. The molecule has 2 heterocycles. The van der Waals surface area contributed by atoms with Crippen LogP contribution in [0.5, 0.6) is 0 Å². The van der Waals surface area contributed by atoms with Crippen LogP contribution in [0.1, 0.15) is 42.3 Å². The van der Waals surface area contributed by atoms with Crippen LogP contribution < -0.4 is 5.32 Å². The lowest BCUT2D eigenvalue weighted by molar-refractivity contribution is -0.131. The molecule has 1 saturated heterocycles. The van der Waals surface area contributed by atoms with Crippen LogP contribution in [0.2, 0.25) is 0 Å². The molecule has 2 aromatic carbocycles. The summed E-state index contributed by atoms with van der Waals surface area (Å²) in [6, 6.07) is 13.3. The molecule has 1 N–H and O–H groups in total. The van der Waals surface area contributed by atoms with E-state index >= 15 is 0 Å². The quantitative estimate of drug-likeness (QED) is 0.709. The Morgan fingerprint density at radius 3 is 2.79 bits per heavy atom. The van der Waals surface area contributed by atoms with E-state index in [0.29, 0.717) is 5.69 Å². The number of aromatic nitrogens is 1. The van der Waals surface area contributed by atoms with Gasteiger partial charge in [-0.2, -0.15) is 0 Å². The Morgan fingerprint density at radius 1 is 1.11 bits per heavy atom. The van der Waals surface area contributed by atoms with E-state index < -0.39 is 11.6 Å². The van der Waals surface area contributed by atoms with Crippen LogP contribution in [0, 0.1) is 0 Å². The lowest BCUT2D eigenvalue weighted by atomic mass is 9.87. The monoisotopic (exact) mass is 375 g/mol. The highest BCUT2D eigenvalue weighted by Crippen LogP contribution is 2.35. The third kappa shape index (κ3) is 2.44. The summed E-state index contributed by atoms with van der Waals surface area (Å²) in [5, 5.41) is 9.06. The van der Waals surface area contributed by atoms with Crippen LogP contribution in [0.15, 0.2) is 47.0 Å². The Morgan fingerprint density at radius 2 is 1.89 bits per heavy atom. The summed E-state index contributed by atoms with van der Waals surface area (Å²) in [6.45, 7) is 1.91. The molecule has 0 bridgehead atoms. The molecule has 1 fully saturated rings.